The van der Waals surface area contributed by atoms with Crippen molar-refractivity contribution in [3.8, 4) is 0 Å². The molecule has 0 aromatic heterocycles. The first kappa shape index (κ1) is 55.2. The number of ether oxygens (including phenoxy) is 3. The van der Waals surface area contributed by atoms with Crippen LogP contribution < -0.4 is 0 Å². The summed E-state index contributed by atoms with van der Waals surface area (Å²) in [5.41, 5.74) is 0. The van der Waals surface area contributed by atoms with Crippen LogP contribution in [0.3, 0.4) is 0 Å². The fourth-order valence-electron chi connectivity index (χ4n) is 7.42. The molecule has 0 saturated carbocycles. The van der Waals surface area contributed by atoms with E-state index >= 15 is 0 Å². The Hall–Kier alpha value is -1.85. The van der Waals surface area contributed by atoms with Crippen molar-refractivity contribution in [3.05, 3.63) is 12.2 Å². The van der Waals surface area contributed by atoms with Crippen molar-refractivity contribution in [1.82, 2.24) is 0 Å². The van der Waals surface area contributed by atoms with Crippen LogP contribution in [-0.2, 0) is 28.6 Å². The first-order chi connectivity index (χ1) is 28.0. The standard InChI is InChI=1S/C51H96O6/c1-4-7-10-13-16-19-22-23-24-25-26-27-30-32-35-38-41-44-50(53)56-47-48(57-51(54)45-42-39-36-33-29-21-18-15-12-9-6-3)46-55-49(52)43-40-37-34-31-28-20-17-14-11-8-5-2/h15,18,48H,4-14,16-17,19-47H2,1-3H3/b18-15-. The average molecular weight is 805 g/mol. The lowest BCUT2D eigenvalue weighted by molar-refractivity contribution is -0.167. The third-order valence-electron chi connectivity index (χ3n) is 11.3. The van der Waals surface area contributed by atoms with Crippen LogP contribution in [0.15, 0.2) is 12.2 Å². The lowest BCUT2D eigenvalue weighted by atomic mass is 10.0. The van der Waals surface area contributed by atoms with E-state index in [1.54, 1.807) is 0 Å². The van der Waals surface area contributed by atoms with Crippen molar-refractivity contribution < 1.29 is 28.6 Å². The molecular weight excluding hydrogens is 709 g/mol. The van der Waals surface area contributed by atoms with Gasteiger partial charge < -0.3 is 14.2 Å². The van der Waals surface area contributed by atoms with Gasteiger partial charge in [0, 0.05) is 19.3 Å². The molecule has 0 aliphatic heterocycles. The number of carbonyl (C=O) groups excluding carboxylic acids is 3. The van der Waals surface area contributed by atoms with Gasteiger partial charge in [-0.3, -0.25) is 14.4 Å². The molecule has 1 unspecified atom stereocenters. The Labute approximate surface area is 354 Å². The second kappa shape index (κ2) is 46.8. The number of hydrogen-bond donors (Lipinski definition) is 0. The first-order valence-corrected chi connectivity index (χ1v) is 25.2. The van der Waals surface area contributed by atoms with Crippen molar-refractivity contribution in [3.63, 3.8) is 0 Å². The third-order valence-corrected chi connectivity index (χ3v) is 11.3. The Balaban J connectivity index is 4.27. The predicted octanol–water partition coefficient (Wildman–Crippen LogP) is 16.2. The molecule has 6 heteroatoms. The molecule has 1 atom stereocenters. The normalized spacial score (nSPS) is 12.0. The first-order valence-electron chi connectivity index (χ1n) is 25.2. The van der Waals surface area contributed by atoms with Gasteiger partial charge in [-0.2, -0.15) is 0 Å². The summed E-state index contributed by atoms with van der Waals surface area (Å²) in [5, 5.41) is 0. The molecule has 0 heterocycles. The smallest absolute Gasteiger partial charge is 0.306 e. The summed E-state index contributed by atoms with van der Waals surface area (Å²) >= 11 is 0. The highest BCUT2D eigenvalue weighted by atomic mass is 16.6. The van der Waals surface area contributed by atoms with Gasteiger partial charge in [0.1, 0.15) is 13.2 Å². The summed E-state index contributed by atoms with van der Waals surface area (Å²) in [7, 11) is 0. The molecule has 0 saturated heterocycles. The Kier molecular flexibility index (Phi) is 45.3. The fourth-order valence-corrected chi connectivity index (χ4v) is 7.42. The zero-order valence-corrected chi connectivity index (χ0v) is 38.4. The molecule has 0 spiro atoms. The van der Waals surface area contributed by atoms with E-state index in [2.05, 4.69) is 32.9 Å². The lowest BCUT2D eigenvalue weighted by Gasteiger charge is -2.18. The van der Waals surface area contributed by atoms with E-state index < -0.39 is 6.10 Å². The molecule has 0 amide bonds. The van der Waals surface area contributed by atoms with Crippen LogP contribution in [-0.4, -0.2) is 37.2 Å². The zero-order chi connectivity index (χ0) is 41.5. The minimum absolute atomic E-state index is 0.0684. The fraction of sp³-hybridized carbons (Fsp3) is 0.902. The van der Waals surface area contributed by atoms with Gasteiger partial charge in [-0.25, -0.2) is 0 Å². The number of allylic oxidation sites excluding steroid dienone is 2. The molecule has 0 N–H and O–H groups in total. The topological polar surface area (TPSA) is 78.9 Å². The summed E-state index contributed by atoms with van der Waals surface area (Å²) in [6.45, 7) is 6.62. The van der Waals surface area contributed by atoms with Gasteiger partial charge in [0.05, 0.1) is 0 Å². The molecule has 0 fully saturated rings. The molecule has 0 aromatic rings. The van der Waals surface area contributed by atoms with Crippen LogP contribution in [0.4, 0.5) is 0 Å². The zero-order valence-electron chi connectivity index (χ0n) is 38.4. The van der Waals surface area contributed by atoms with Gasteiger partial charge in [-0.1, -0.05) is 232 Å². The minimum atomic E-state index is -0.766. The Morgan fingerprint density at radius 3 is 0.930 bits per heavy atom. The molecule has 0 bridgehead atoms. The lowest BCUT2D eigenvalue weighted by Crippen LogP contribution is -2.30. The molecular formula is C51H96O6. The molecule has 0 aromatic carbocycles. The quantitative estimate of drug-likeness (QED) is 0.0264. The van der Waals surface area contributed by atoms with Crippen LogP contribution in [0.5, 0.6) is 0 Å². The largest absolute Gasteiger partial charge is 0.462 e. The van der Waals surface area contributed by atoms with Gasteiger partial charge >= 0.3 is 17.9 Å². The predicted molar refractivity (Wildman–Crippen MR) is 243 cm³/mol. The van der Waals surface area contributed by atoms with Crippen molar-refractivity contribution >= 4 is 17.9 Å². The van der Waals surface area contributed by atoms with Gasteiger partial charge in [0.2, 0.25) is 0 Å². The van der Waals surface area contributed by atoms with Gasteiger partial charge in [0.15, 0.2) is 6.10 Å². The maximum atomic E-state index is 12.7. The number of unbranched alkanes of at least 4 members (excludes halogenated alkanes) is 33. The highest BCUT2D eigenvalue weighted by Crippen LogP contribution is 2.16. The highest BCUT2D eigenvalue weighted by molar-refractivity contribution is 5.71. The monoisotopic (exact) mass is 805 g/mol. The summed E-state index contributed by atoms with van der Waals surface area (Å²) in [4.78, 5) is 37.8. The Morgan fingerprint density at radius 1 is 0.333 bits per heavy atom. The van der Waals surface area contributed by atoms with E-state index in [0.717, 1.165) is 64.2 Å². The van der Waals surface area contributed by atoms with E-state index in [1.165, 1.54) is 173 Å². The van der Waals surface area contributed by atoms with Crippen molar-refractivity contribution in [1.29, 1.82) is 0 Å². The number of rotatable bonds is 46. The summed E-state index contributed by atoms with van der Waals surface area (Å²) in [5.74, 6) is -0.865. The van der Waals surface area contributed by atoms with Crippen LogP contribution >= 0.6 is 0 Å². The van der Waals surface area contributed by atoms with Gasteiger partial charge in [0.25, 0.3) is 0 Å². The number of hydrogen-bond acceptors (Lipinski definition) is 6. The molecule has 0 aliphatic carbocycles. The summed E-state index contributed by atoms with van der Waals surface area (Å²) in [6.07, 6.45) is 50.5. The van der Waals surface area contributed by atoms with Crippen LogP contribution in [0.1, 0.15) is 278 Å². The van der Waals surface area contributed by atoms with Crippen LogP contribution in [0.25, 0.3) is 0 Å². The second-order valence-electron chi connectivity index (χ2n) is 17.1. The van der Waals surface area contributed by atoms with Crippen LogP contribution in [0.2, 0.25) is 0 Å². The SMILES string of the molecule is CCCC/C=C\CCCCCCCC(=O)OC(COC(=O)CCCCCCCCCCCCC)COC(=O)CCCCCCCCCCCCCCCCCCC. The van der Waals surface area contributed by atoms with Crippen LogP contribution in [0, 0.1) is 0 Å². The van der Waals surface area contributed by atoms with E-state index in [-0.39, 0.29) is 31.1 Å². The Bertz CT molecular complexity index is 885. The van der Waals surface area contributed by atoms with Crippen molar-refractivity contribution in [2.45, 2.75) is 284 Å². The minimum Gasteiger partial charge on any atom is -0.462 e. The molecule has 57 heavy (non-hydrogen) atoms. The van der Waals surface area contributed by atoms with E-state index in [0.29, 0.717) is 19.3 Å². The molecule has 6 nitrogen and oxygen atoms in total. The third kappa shape index (κ3) is 45.1. The molecule has 0 radical (unpaired) electrons. The van der Waals surface area contributed by atoms with E-state index in [4.69, 9.17) is 14.2 Å². The van der Waals surface area contributed by atoms with Gasteiger partial charge in [-0.15, -0.1) is 0 Å². The molecule has 336 valence electrons. The highest BCUT2D eigenvalue weighted by Gasteiger charge is 2.19. The van der Waals surface area contributed by atoms with Crippen molar-refractivity contribution in [2.75, 3.05) is 13.2 Å². The van der Waals surface area contributed by atoms with Crippen molar-refractivity contribution in [2.24, 2.45) is 0 Å². The molecule has 0 aliphatic rings. The second-order valence-corrected chi connectivity index (χ2v) is 17.1. The van der Waals surface area contributed by atoms with E-state index in [9.17, 15) is 14.4 Å². The van der Waals surface area contributed by atoms with Gasteiger partial charge in [-0.05, 0) is 38.5 Å². The summed E-state index contributed by atoms with van der Waals surface area (Å²) < 4.78 is 16.8. The number of carbonyl (C=O) groups is 3. The maximum Gasteiger partial charge on any atom is 0.306 e. The average Bonchev–Trinajstić information content (AvgIpc) is 3.21. The van der Waals surface area contributed by atoms with E-state index in [1.807, 2.05) is 0 Å². The maximum absolute atomic E-state index is 12.7. The number of esters is 3. The summed E-state index contributed by atoms with van der Waals surface area (Å²) in [6, 6.07) is 0. The Morgan fingerprint density at radius 2 is 0.596 bits per heavy atom. The molecule has 0 rings (SSSR count).